The SMILES string of the molecule is CC#CCCC(N)c1ccoc1. The summed E-state index contributed by atoms with van der Waals surface area (Å²) in [6.45, 7) is 1.84. The summed E-state index contributed by atoms with van der Waals surface area (Å²) >= 11 is 0. The molecule has 1 atom stereocenters. The third-order valence-corrected chi connectivity index (χ3v) is 1.73. The number of furan rings is 1. The highest BCUT2D eigenvalue weighted by molar-refractivity contribution is 5.11. The molecule has 0 radical (unpaired) electrons. The summed E-state index contributed by atoms with van der Waals surface area (Å²) in [7, 11) is 0. The maximum atomic E-state index is 5.85. The van der Waals surface area contributed by atoms with Gasteiger partial charge in [0.05, 0.1) is 12.5 Å². The Morgan fingerprint density at radius 2 is 2.50 bits per heavy atom. The second kappa shape index (κ2) is 4.63. The van der Waals surface area contributed by atoms with Crippen molar-refractivity contribution < 1.29 is 4.42 Å². The van der Waals surface area contributed by atoms with Crippen molar-refractivity contribution in [2.45, 2.75) is 25.8 Å². The lowest BCUT2D eigenvalue weighted by atomic mass is 10.1. The van der Waals surface area contributed by atoms with Crippen LogP contribution in [0.15, 0.2) is 23.0 Å². The molecule has 0 aliphatic rings. The van der Waals surface area contributed by atoms with Crippen molar-refractivity contribution in [2.75, 3.05) is 0 Å². The molecule has 2 N–H and O–H groups in total. The first-order valence-corrected chi connectivity index (χ1v) is 4.02. The van der Waals surface area contributed by atoms with Gasteiger partial charge in [0.2, 0.25) is 0 Å². The lowest BCUT2D eigenvalue weighted by molar-refractivity contribution is 0.555. The maximum Gasteiger partial charge on any atom is 0.0950 e. The average Bonchev–Trinajstić information content (AvgIpc) is 2.56. The standard InChI is InChI=1S/C10H13NO/c1-2-3-4-5-10(11)9-6-7-12-8-9/h6-8,10H,4-5,11H2,1H3. The molecule has 2 nitrogen and oxygen atoms in total. The van der Waals surface area contributed by atoms with Crippen LogP contribution in [0.2, 0.25) is 0 Å². The Morgan fingerprint density at radius 1 is 1.67 bits per heavy atom. The Kier molecular flexibility index (Phi) is 3.43. The van der Waals surface area contributed by atoms with Gasteiger partial charge in [-0.05, 0) is 19.4 Å². The van der Waals surface area contributed by atoms with Crippen LogP contribution in [-0.2, 0) is 0 Å². The molecule has 0 spiro atoms. The molecule has 64 valence electrons. The van der Waals surface area contributed by atoms with Crippen LogP contribution in [0, 0.1) is 11.8 Å². The Morgan fingerprint density at radius 3 is 3.08 bits per heavy atom. The quantitative estimate of drug-likeness (QED) is 0.693. The molecule has 0 aliphatic carbocycles. The number of hydrogen-bond acceptors (Lipinski definition) is 2. The molecule has 0 saturated heterocycles. The van der Waals surface area contributed by atoms with Crippen molar-refractivity contribution in [3.63, 3.8) is 0 Å². The first-order chi connectivity index (χ1) is 5.84. The molecule has 1 unspecified atom stereocenters. The summed E-state index contributed by atoms with van der Waals surface area (Å²) < 4.78 is 4.93. The molecule has 0 saturated carbocycles. The van der Waals surface area contributed by atoms with E-state index in [0.717, 1.165) is 18.4 Å². The van der Waals surface area contributed by atoms with Crippen molar-refractivity contribution in [3.8, 4) is 11.8 Å². The van der Waals surface area contributed by atoms with E-state index in [4.69, 9.17) is 10.2 Å². The second-order valence-electron chi connectivity index (χ2n) is 2.63. The summed E-state index contributed by atoms with van der Waals surface area (Å²) in [6, 6.07) is 1.95. The van der Waals surface area contributed by atoms with E-state index in [1.807, 2.05) is 13.0 Å². The van der Waals surface area contributed by atoms with E-state index < -0.39 is 0 Å². The minimum Gasteiger partial charge on any atom is -0.472 e. The highest BCUT2D eigenvalue weighted by Gasteiger charge is 2.04. The van der Waals surface area contributed by atoms with Crippen LogP contribution in [0.4, 0.5) is 0 Å². The third kappa shape index (κ3) is 2.44. The van der Waals surface area contributed by atoms with Crippen molar-refractivity contribution in [2.24, 2.45) is 5.73 Å². The van der Waals surface area contributed by atoms with Crippen LogP contribution in [0.5, 0.6) is 0 Å². The molecule has 0 fully saturated rings. The normalized spacial score (nSPS) is 11.8. The maximum absolute atomic E-state index is 5.85. The molecule has 0 aromatic carbocycles. The van der Waals surface area contributed by atoms with Gasteiger partial charge in [0, 0.05) is 18.0 Å². The monoisotopic (exact) mass is 163 g/mol. The molecule has 1 aromatic rings. The van der Waals surface area contributed by atoms with Gasteiger partial charge in [-0.1, -0.05) is 0 Å². The van der Waals surface area contributed by atoms with E-state index in [1.165, 1.54) is 0 Å². The minimum absolute atomic E-state index is 0.0598. The van der Waals surface area contributed by atoms with Crippen molar-refractivity contribution in [1.82, 2.24) is 0 Å². The van der Waals surface area contributed by atoms with Crippen LogP contribution in [-0.4, -0.2) is 0 Å². The zero-order valence-electron chi connectivity index (χ0n) is 7.21. The lowest BCUT2D eigenvalue weighted by Crippen LogP contribution is -2.08. The van der Waals surface area contributed by atoms with E-state index in [-0.39, 0.29) is 6.04 Å². The molecule has 1 rings (SSSR count). The van der Waals surface area contributed by atoms with Crippen LogP contribution >= 0.6 is 0 Å². The van der Waals surface area contributed by atoms with Crippen LogP contribution in [0.3, 0.4) is 0 Å². The zero-order valence-corrected chi connectivity index (χ0v) is 7.21. The molecule has 1 aromatic heterocycles. The molecule has 0 bridgehead atoms. The molecule has 12 heavy (non-hydrogen) atoms. The Labute approximate surface area is 72.8 Å². The highest BCUT2D eigenvalue weighted by atomic mass is 16.3. The number of hydrogen-bond donors (Lipinski definition) is 1. The summed E-state index contributed by atoms with van der Waals surface area (Å²) in [4.78, 5) is 0. The number of rotatable bonds is 3. The van der Waals surface area contributed by atoms with E-state index in [1.54, 1.807) is 12.5 Å². The summed E-state index contributed by atoms with van der Waals surface area (Å²) in [5, 5.41) is 0. The second-order valence-corrected chi connectivity index (χ2v) is 2.63. The minimum atomic E-state index is 0.0598. The fourth-order valence-corrected chi connectivity index (χ4v) is 1.01. The van der Waals surface area contributed by atoms with Crippen molar-refractivity contribution >= 4 is 0 Å². The lowest BCUT2D eigenvalue weighted by Gasteiger charge is -2.05. The summed E-state index contributed by atoms with van der Waals surface area (Å²) in [5.41, 5.74) is 6.90. The summed E-state index contributed by atoms with van der Waals surface area (Å²) in [6.07, 6.45) is 5.06. The van der Waals surface area contributed by atoms with Gasteiger partial charge in [0.1, 0.15) is 0 Å². The predicted molar refractivity (Wildman–Crippen MR) is 48.3 cm³/mol. The molecule has 0 amide bonds. The van der Waals surface area contributed by atoms with E-state index in [0.29, 0.717) is 0 Å². The fourth-order valence-electron chi connectivity index (χ4n) is 1.01. The van der Waals surface area contributed by atoms with Gasteiger partial charge < -0.3 is 10.2 Å². The smallest absolute Gasteiger partial charge is 0.0950 e. The van der Waals surface area contributed by atoms with E-state index in [9.17, 15) is 0 Å². The zero-order chi connectivity index (χ0) is 8.81. The molecular weight excluding hydrogens is 150 g/mol. The van der Waals surface area contributed by atoms with E-state index >= 15 is 0 Å². The average molecular weight is 163 g/mol. The van der Waals surface area contributed by atoms with Crippen LogP contribution in [0.25, 0.3) is 0 Å². The third-order valence-electron chi connectivity index (χ3n) is 1.73. The van der Waals surface area contributed by atoms with Gasteiger partial charge in [-0.2, -0.15) is 0 Å². The van der Waals surface area contributed by atoms with Crippen LogP contribution < -0.4 is 5.73 Å². The van der Waals surface area contributed by atoms with Crippen molar-refractivity contribution in [1.29, 1.82) is 0 Å². The molecular formula is C10H13NO. The molecule has 1 heterocycles. The largest absolute Gasteiger partial charge is 0.472 e. The van der Waals surface area contributed by atoms with E-state index in [2.05, 4.69) is 11.8 Å². The Bertz CT molecular complexity index is 266. The van der Waals surface area contributed by atoms with Gasteiger partial charge in [-0.3, -0.25) is 0 Å². The predicted octanol–water partition coefficient (Wildman–Crippen LogP) is 2.08. The Balaban J connectivity index is 2.37. The highest BCUT2D eigenvalue weighted by Crippen LogP contribution is 2.15. The molecule has 0 aliphatic heterocycles. The van der Waals surface area contributed by atoms with Gasteiger partial charge >= 0.3 is 0 Å². The van der Waals surface area contributed by atoms with Crippen molar-refractivity contribution in [3.05, 3.63) is 24.2 Å². The topological polar surface area (TPSA) is 39.2 Å². The summed E-state index contributed by atoms with van der Waals surface area (Å²) in [5.74, 6) is 5.82. The molecule has 2 heteroatoms. The van der Waals surface area contributed by atoms with Gasteiger partial charge in [-0.15, -0.1) is 11.8 Å². The fraction of sp³-hybridized carbons (Fsp3) is 0.400. The number of nitrogens with two attached hydrogens (primary N) is 1. The first-order valence-electron chi connectivity index (χ1n) is 4.02. The van der Waals surface area contributed by atoms with Gasteiger partial charge in [0.25, 0.3) is 0 Å². The Hall–Kier alpha value is -1.20. The van der Waals surface area contributed by atoms with Gasteiger partial charge in [-0.25, -0.2) is 0 Å². The van der Waals surface area contributed by atoms with Gasteiger partial charge in [0.15, 0.2) is 0 Å². The van der Waals surface area contributed by atoms with Crippen LogP contribution in [0.1, 0.15) is 31.4 Å². The first kappa shape index (κ1) is 8.89.